The van der Waals surface area contributed by atoms with Gasteiger partial charge in [0.1, 0.15) is 18.5 Å². The van der Waals surface area contributed by atoms with Gasteiger partial charge in [-0.05, 0) is 56.7 Å². The Morgan fingerprint density at radius 3 is 2.13 bits per heavy atom. The van der Waals surface area contributed by atoms with Crippen molar-refractivity contribution in [2.45, 2.75) is 128 Å². The predicted molar refractivity (Wildman–Crippen MR) is 173 cm³/mol. The summed E-state index contributed by atoms with van der Waals surface area (Å²) in [6.45, 7) is 4.02. The fourth-order valence-electron chi connectivity index (χ4n) is 5.01. The van der Waals surface area contributed by atoms with Gasteiger partial charge >= 0.3 is 11.9 Å². The van der Waals surface area contributed by atoms with Gasteiger partial charge in [0.15, 0.2) is 11.9 Å². The molecule has 0 aliphatic carbocycles. The second-order valence-electron chi connectivity index (χ2n) is 11.6. The second-order valence-corrected chi connectivity index (χ2v) is 11.6. The van der Waals surface area contributed by atoms with Crippen LogP contribution in [0.15, 0.2) is 36.4 Å². The number of ether oxygens (including phenoxy) is 1. The van der Waals surface area contributed by atoms with Crippen molar-refractivity contribution >= 4 is 17.8 Å². The molecule has 2 unspecified atom stereocenters. The fourth-order valence-corrected chi connectivity index (χ4v) is 5.01. The van der Waals surface area contributed by atoms with Gasteiger partial charge in [-0.2, -0.15) is 0 Å². The first-order valence-corrected chi connectivity index (χ1v) is 16.2. The van der Waals surface area contributed by atoms with Crippen LogP contribution >= 0.6 is 0 Å². The predicted octanol–water partition coefficient (Wildman–Crippen LogP) is 4.93. The Morgan fingerprint density at radius 1 is 0.978 bits per heavy atom. The van der Waals surface area contributed by atoms with E-state index in [1.165, 1.54) is 12.5 Å². The number of carbonyl (C=O) groups is 3. The summed E-state index contributed by atoms with van der Waals surface area (Å²) < 4.78 is 19.6. The molecule has 0 heterocycles. The number of carboxylic acid groups (broad SMARTS) is 2. The van der Waals surface area contributed by atoms with Gasteiger partial charge in [0.25, 0.3) is 0 Å². The van der Waals surface area contributed by atoms with Crippen molar-refractivity contribution in [2.75, 3.05) is 6.61 Å². The molecule has 1 amide bonds. The number of nitrogens with one attached hydrogen (secondary N) is 1. The van der Waals surface area contributed by atoms with Crippen molar-refractivity contribution in [1.29, 1.82) is 0 Å². The van der Waals surface area contributed by atoms with E-state index in [0.717, 1.165) is 51.0 Å². The molecule has 10 nitrogen and oxygen atoms in total. The lowest BCUT2D eigenvalue weighted by Crippen LogP contribution is -2.56. The van der Waals surface area contributed by atoms with Gasteiger partial charge < -0.3 is 35.6 Å². The third-order valence-corrected chi connectivity index (χ3v) is 7.73. The third-order valence-electron chi connectivity index (χ3n) is 7.73. The number of rotatable bonds is 25. The highest BCUT2D eigenvalue weighted by atomic mass is 19.1. The molecule has 258 valence electrons. The van der Waals surface area contributed by atoms with Crippen molar-refractivity contribution in [3.63, 3.8) is 0 Å². The van der Waals surface area contributed by atoms with Crippen LogP contribution in [0.2, 0.25) is 0 Å². The molecule has 0 bridgehead atoms. The lowest BCUT2D eigenvalue weighted by molar-refractivity contribution is -0.172. The van der Waals surface area contributed by atoms with E-state index >= 15 is 0 Å². The summed E-state index contributed by atoms with van der Waals surface area (Å²) >= 11 is 0. The first-order valence-electron chi connectivity index (χ1n) is 16.2. The molecule has 1 rings (SSSR count). The Labute approximate surface area is 272 Å². The summed E-state index contributed by atoms with van der Waals surface area (Å²) in [6, 6.07) is 5.27. The molecule has 1 aromatic rings. The molecule has 46 heavy (non-hydrogen) atoms. The van der Waals surface area contributed by atoms with Crippen molar-refractivity contribution in [3.8, 4) is 17.6 Å². The summed E-state index contributed by atoms with van der Waals surface area (Å²) in [6.07, 6.45) is 8.40. The average molecular weight is 650 g/mol. The SMILES string of the molecule is CC#CCOc1ccc(C[C@H](NC(=O)C(/C=C/CCCCCCC(F)CCCCCCC)[C@@](O)(CC(=O)O)C(=O)O)C(O)O)cc1. The highest BCUT2D eigenvalue weighted by Crippen LogP contribution is 2.26. The number of hydrogen-bond donors (Lipinski definition) is 6. The maximum absolute atomic E-state index is 14.1. The zero-order valence-electron chi connectivity index (χ0n) is 27.1. The van der Waals surface area contributed by atoms with Crippen LogP contribution in [0.1, 0.15) is 103 Å². The average Bonchev–Trinajstić information content (AvgIpc) is 3.00. The van der Waals surface area contributed by atoms with Crippen LogP contribution in [-0.4, -0.2) is 74.1 Å². The van der Waals surface area contributed by atoms with E-state index in [1.54, 1.807) is 31.2 Å². The molecule has 0 saturated carbocycles. The van der Waals surface area contributed by atoms with Gasteiger partial charge in [-0.25, -0.2) is 9.18 Å². The van der Waals surface area contributed by atoms with Gasteiger partial charge in [0.2, 0.25) is 5.91 Å². The first kappa shape index (κ1) is 40.6. The Morgan fingerprint density at radius 2 is 1.59 bits per heavy atom. The number of aliphatic hydroxyl groups excluding tert-OH is 1. The van der Waals surface area contributed by atoms with Gasteiger partial charge in [0.05, 0.1) is 18.4 Å². The molecule has 0 aliphatic rings. The quantitative estimate of drug-likeness (QED) is 0.0372. The second kappa shape index (κ2) is 23.0. The maximum Gasteiger partial charge on any atom is 0.337 e. The fraction of sp³-hybridized carbons (Fsp3) is 0.629. The Kier molecular flexibility index (Phi) is 20.2. The van der Waals surface area contributed by atoms with Gasteiger partial charge in [-0.1, -0.05) is 88.5 Å². The number of benzene rings is 1. The molecule has 11 heteroatoms. The summed E-state index contributed by atoms with van der Waals surface area (Å²) in [5.41, 5.74) is -2.41. The minimum absolute atomic E-state index is 0.0715. The zero-order valence-corrected chi connectivity index (χ0v) is 27.1. The molecule has 0 aromatic heterocycles. The van der Waals surface area contributed by atoms with Gasteiger partial charge in [0, 0.05) is 0 Å². The molecule has 0 radical (unpaired) electrons. The number of aliphatic carboxylic acids is 2. The number of unbranched alkanes of at least 4 members (excludes halogenated alkanes) is 8. The van der Waals surface area contributed by atoms with Crippen LogP contribution in [0.4, 0.5) is 4.39 Å². The van der Waals surface area contributed by atoms with E-state index in [0.29, 0.717) is 37.0 Å². The monoisotopic (exact) mass is 649 g/mol. The highest BCUT2D eigenvalue weighted by Gasteiger charge is 2.49. The minimum atomic E-state index is -3.00. The zero-order chi connectivity index (χ0) is 34.4. The topological polar surface area (TPSA) is 174 Å². The van der Waals surface area contributed by atoms with Gasteiger partial charge in [-0.3, -0.25) is 9.59 Å². The van der Waals surface area contributed by atoms with E-state index < -0.39 is 54.3 Å². The number of carboxylic acids is 2. The molecule has 6 N–H and O–H groups in total. The van der Waals surface area contributed by atoms with E-state index in [1.807, 2.05) is 0 Å². The Bertz CT molecular complexity index is 1130. The van der Waals surface area contributed by atoms with Crippen molar-refractivity contribution in [2.24, 2.45) is 5.92 Å². The number of amides is 1. The molecular formula is C35H52FNO9. The number of aliphatic hydroxyl groups is 3. The number of carbonyl (C=O) groups excluding carboxylic acids is 1. The summed E-state index contributed by atoms with van der Waals surface area (Å²) in [5, 5.41) is 52.2. The van der Waals surface area contributed by atoms with E-state index in [9.17, 15) is 44.3 Å². The number of hydrogen-bond acceptors (Lipinski definition) is 7. The Hall–Kier alpha value is -3.46. The summed E-state index contributed by atoms with van der Waals surface area (Å²) in [4.78, 5) is 36.8. The van der Waals surface area contributed by atoms with Gasteiger partial charge in [-0.15, -0.1) is 5.92 Å². The summed E-state index contributed by atoms with van der Waals surface area (Å²) in [7, 11) is 0. The van der Waals surface area contributed by atoms with Crippen LogP contribution in [0.5, 0.6) is 5.75 Å². The van der Waals surface area contributed by atoms with Crippen LogP contribution in [0, 0.1) is 17.8 Å². The van der Waals surface area contributed by atoms with Crippen molar-refractivity contribution < 1.29 is 49.0 Å². The molecule has 0 saturated heterocycles. The largest absolute Gasteiger partial charge is 0.481 e. The van der Waals surface area contributed by atoms with Crippen LogP contribution in [0.25, 0.3) is 0 Å². The number of allylic oxidation sites excluding steroid dienone is 1. The molecule has 1 aromatic carbocycles. The minimum Gasteiger partial charge on any atom is -0.481 e. The van der Waals surface area contributed by atoms with Crippen LogP contribution < -0.4 is 10.1 Å². The maximum atomic E-state index is 14.1. The number of alkyl halides is 1. The highest BCUT2D eigenvalue weighted by molar-refractivity contribution is 5.93. The standard InChI is InChI=1S/C35H52FNO9/c1-3-5-7-10-13-16-27(36)17-14-11-8-9-12-15-18-29(35(45,34(43)44)25-31(38)39)32(40)37-30(33(41)42)24-26-19-21-28(22-20-26)46-23-6-4-2/h15,18-22,27,29-30,33,41-42,45H,3,5,7-14,16-17,23-25H2,1-2H3,(H,37,40)(H,38,39)(H,43,44)/b18-15+/t27?,29?,30-,35-/m0/s1. The van der Waals surface area contributed by atoms with E-state index in [-0.39, 0.29) is 13.0 Å². The smallest absolute Gasteiger partial charge is 0.337 e. The lowest BCUT2D eigenvalue weighted by Gasteiger charge is -2.30. The van der Waals surface area contributed by atoms with Crippen molar-refractivity contribution in [1.82, 2.24) is 5.32 Å². The normalized spacial score (nSPS) is 14.6. The number of halogens is 1. The first-order chi connectivity index (χ1) is 21.9. The molecule has 0 aliphatic heterocycles. The Balaban J connectivity index is 2.82. The molecule has 0 spiro atoms. The molecular weight excluding hydrogens is 597 g/mol. The van der Waals surface area contributed by atoms with Crippen LogP contribution in [0.3, 0.4) is 0 Å². The van der Waals surface area contributed by atoms with Crippen molar-refractivity contribution in [3.05, 3.63) is 42.0 Å². The molecule has 0 fully saturated rings. The van der Waals surface area contributed by atoms with E-state index in [4.69, 9.17) is 4.74 Å². The lowest BCUT2D eigenvalue weighted by atomic mass is 9.82. The summed E-state index contributed by atoms with van der Waals surface area (Å²) in [5.74, 6) is -0.465. The molecule has 4 atom stereocenters. The van der Waals surface area contributed by atoms with E-state index in [2.05, 4.69) is 24.1 Å². The third kappa shape index (κ3) is 16.2. The van der Waals surface area contributed by atoms with Crippen LogP contribution in [-0.2, 0) is 20.8 Å².